The number of nitrogens with zero attached hydrogens (tertiary/aromatic N) is 1. The monoisotopic (exact) mass is 304 g/mol. The molecule has 0 aromatic carbocycles. The van der Waals surface area contributed by atoms with Crippen LogP contribution in [-0.4, -0.2) is 47.5 Å². The summed E-state index contributed by atoms with van der Waals surface area (Å²) < 4.78 is 5.25. The zero-order chi connectivity index (χ0) is 12.3. The topological polar surface area (TPSA) is 58.6 Å². The summed E-state index contributed by atoms with van der Waals surface area (Å²) in [4.78, 5) is 25.4. The number of carbonyl (C=O) groups excluding carboxylic acids is 2. The van der Waals surface area contributed by atoms with Crippen LogP contribution in [0.5, 0.6) is 0 Å². The average Bonchev–Trinajstić information content (AvgIpc) is 2.55. The van der Waals surface area contributed by atoms with Crippen LogP contribution in [-0.2, 0) is 9.53 Å². The van der Waals surface area contributed by atoms with Crippen molar-refractivity contribution < 1.29 is 14.3 Å². The van der Waals surface area contributed by atoms with E-state index in [1.54, 1.807) is 0 Å². The van der Waals surface area contributed by atoms with E-state index in [0.717, 1.165) is 18.2 Å². The third kappa shape index (κ3) is 2.47. The van der Waals surface area contributed by atoms with Gasteiger partial charge >= 0.3 is 6.03 Å². The van der Waals surface area contributed by atoms with E-state index < -0.39 is 5.54 Å². The SMILES string of the molecule is O=C1NC2(CCOCC2)C(=O)N1CCCCBr. The fourth-order valence-electron chi connectivity index (χ4n) is 2.30. The van der Waals surface area contributed by atoms with Crippen LogP contribution in [0.25, 0.3) is 0 Å². The van der Waals surface area contributed by atoms with Gasteiger partial charge in [0, 0.05) is 37.9 Å². The van der Waals surface area contributed by atoms with Crippen molar-refractivity contribution in [2.24, 2.45) is 0 Å². The molecular formula is C11H17BrN2O3. The zero-order valence-corrected chi connectivity index (χ0v) is 11.3. The van der Waals surface area contributed by atoms with Gasteiger partial charge in [-0.2, -0.15) is 0 Å². The second-order valence-electron chi connectivity index (χ2n) is 4.48. The molecule has 0 aliphatic carbocycles. The van der Waals surface area contributed by atoms with E-state index in [1.165, 1.54) is 4.90 Å². The van der Waals surface area contributed by atoms with E-state index in [9.17, 15) is 9.59 Å². The van der Waals surface area contributed by atoms with Gasteiger partial charge in [-0.3, -0.25) is 9.69 Å². The van der Waals surface area contributed by atoms with Gasteiger partial charge in [-0.1, -0.05) is 15.9 Å². The number of ether oxygens (including phenoxy) is 1. The van der Waals surface area contributed by atoms with Crippen LogP contribution in [0.3, 0.4) is 0 Å². The molecule has 0 bridgehead atoms. The molecular weight excluding hydrogens is 288 g/mol. The summed E-state index contributed by atoms with van der Waals surface area (Å²) in [6, 6.07) is -0.244. The molecule has 0 saturated carbocycles. The number of urea groups is 1. The summed E-state index contributed by atoms with van der Waals surface area (Å²) >= 11 is 3.34. The van der Waals surface area contributed by atoms with Crippen LogP contribution in [0, 0.1) is 0 Å². The molecule has 2 heterocycles. The highest BCUT2D eigenvalue weighted by atomic mass is 79.9. The summed E-state index contributed by atoms with van der Waals surface area (Å²) in [5, 5.41) is 3.74. The Hall–Kier alpha value is -0.620. The first kappa shape index (κ1) is 12.8. The third-order valence-electron chi connectivity index (χ3n) is 3.36. The van der Waals surface area contributed by atoms with Gasteiger partial charge in [0.05, 0.1) is 0 Å². The molecule has 2 rings (SSSR count). The number of hydrogen-bond donors (Lipinski definition) is 1. The first-order valence-corrected chi connectivity index (χ1v) is 7.09. The average molecular weight is 305 g/mol. The van der Waals surface area contributed by atoms with Gasteiger partial charge in [-0.05, 0) is 12.8 Å². The van der Waals surface area contributed by atoms with Gasteiger partial charge in [0.1, 0.15) is 5.54 Å². The predicted octanol–water partition coefficient (Wildman–Crippen LogP) is 1.26. The predicted molar refractivity (Wildman–Crippen MR) is 66.1 cm³/mol. The number of nitrogens with one attached hydrogen (secondary N) is 1. The minimum atomic E-state index is -0.677. The summed E-state index contributed by atoms with van der Waals surface area (Å²) in [5.41, 5.74) is -0.677. The molecule has 0 atom stereocenters. The van der Waals surface area contributed by atoms with Gasteiger partial charge < -0.3 is 10.1 Å². The van der Waals surface area contributed by atoms with Crippen LogP contribution >= 0.6 is 15.9 Å². The Morgan fingerprint density at radius 1 is 1.29 bits per heavy atom. The lowest BCUT2D eigenvalue weighted by molar-refractivity contribution is -0.134. The van der Waals surface area contributed by atoms with E-state index in [4.69, 9.17) is 4.74 Å². The van der Waals surface area contributed by atoms with Gasteiger partial charge in [0.2, 0.25) is 0 Å². The first-order chi connectivity index (χ1) is 8.19. The van der Waals surface area contributed by atoms with E-state index in [1.807, 2.05) is 0 Å². The maximum atomic E-state index is 12.3. The summed E-state index contributed by atoms with van der Waals surface area (Å²) in [5.74, 6) is -0.0691. The highest BCUT2D eigenvalue weighted by molar-refractivity contribution is 9.09. The molecule has 0 aromatic heterocycles. The van der Waals surface area contributed by atoms with E-state index in [2.05, 4.69) is 21.2 Å². The van der Waals surface area contributed by atoms with Crippen molar-refractivity contribution in [3.05, 3.63) is 0 Å². The lowest BCUT2D eigenvalue weighted by Crippen LogP contribution is -2.51. The maximum Gasteiger partial charge on any atom is 0.325 e. The molecule has 2 fully saturated rings. The Kier molecular flexibility index (Phi) is 4.04. The Balaban J connectivity index is 2.00. The fraction of sp³-hybridized carbons (Fsp3) is 0.818. The Labute approximate surface area is 109 Å². The zero-order valence-electron chi connectivity index (χ0n) is 9.71. The standard InChI is InChI=1S/C11H17BrN2O3/c12-5-1-2-6-14-9(15)11(13-10(14)16)3-7-17-8-4-11/h1-8H2,(H,13,16). The molecule has 96 valence electrons. The highest BCUT2D eigenvalue weighted by Gasteiger charge is 2.51. The molecule has 0 radical (unpaired) electrons. The van der Waals surface area contributed by atoms with Gasteiger partial charge in [0.25, 0.3) is 5.91 Å². The second kappa shape index (κ2) is 5.35. The van der Waals surface area contributed by atoms with Crippen molar-refractivity contribution in [1.29, 1.82) is 0 Å². The second-order valence-corrected chi connectivity index (χ2v) is 5.27. The van der Waals surface area contributed by atoms with Gasteiger partial charge in [-0.15, -0.1) is 0 Å². The van der Waals surface area contributed by atoms with Crippen molar-refractivity contribution in [2.75, 3.05) is 25.1 Å². The quantitative estimate of drug-likeness (QED) is 0.483. The molecule has 17 heavy (non-hydrogen) atoms. The minimum Gasteiger partial charge on any atom is -0.381 e. The van der Waals surface area contributed by atoms with Crippen molar-refractivity contribution in [2.45, 2.75) is 31.2 Å². The molecule has 5 nitrogen and oxygen atoms in total. The third-order valence-corrected chi connectivity index (χ3v) is 3.92. The number of hydrogen-bond acceptors (Lipinski definition) is 3. The molecule has 6 heteroatoms. The van der Waals surface area contributed by atoms with E-state index in [0.29, 0.717) is 32.6 Å². The number of halogens is 1. The molecule has 2 aliphatic rings. The molecule has 0 unspecified atom stereocenters. The van der Waals surface area contributed by atoms with Crippen LogP contribution in [0.15, 0.2) is 0 Å². The molecule has 2 saturated heterocycles. The highest BCUT2D eigenvalue weighted by Crippen LogP contribution is 2.28. The van der Waals surface area contributed by atoms with Crippen molar-refractivity contribution in [3.63, 3.8) is 0 Å². The van der Waals surface area contributed by atoms with Gasteiger partial charge in [-0.25, -0.2) is 4.79 Å². The number of amides is 3. The Morgan fingerprint density at radius 2 is 2.00 bits per heavy atom. The number of alkyl halides is 1. The van der Waals surface area contributed by atoms with E-state index in [-0.39, 0.29) is 11.9 Å². The molecule has 3 amide bonds. The largest absolute Gasteiger partial charge is 0.381 e. The van der Waals surface area contributed by atoms with Crippen molar-refractivity contribution in [1.82, 2.24) is 10.2 Å². The van der Waals surface area contributed by atoms with Crippen molar-refractivity contribution in [3.8, 4) is 0 Å². The normalized spacial score (nSPS) is 23.2. The molecule has 1 N–H and O–H groups in total. The number of rotatable bonds is 4. The smallest absolute Gasteiger partial charge is 0.325 e. The summed E-state index contributed by atoms with van der Waals surface area (Å²) in [6.45, 7) is 1.60. The Bertz CT molecular complexity index is 316. The van der Waals surface area contributed by atoms with Gasteiger partial charge in [0.15, 0.2) is 0 Å². The number of carbonyl (C=O) groups is 2. The van der Waals surface area contributed by atoms with Crippen LogP contribution in [0.1, 0.15) is 25.7 Å². The van der Waals surface area contributed by atoms with Crippen LogP contribution < -0.4 is 5.32 Å². The van der Waals surface area contributed by atoms with Crippen molar-refractivity contribution >= 4 is 27.9 Å². The van der Waals surface area contributed by atoms with Crippen LogP contribution in [0.4, 0.5) is 4.79 Å². The Morgan fingerprint density at radius 3 is 2.65 bits per heavy atom. The fourth-order valence-corrected chi connectivity index (χ4v) is 2.70. The molecule has 1 spiro atoms. The maximum absolute atomic E-state index is 12.3. The molecule has 2 aliphatic heterocycles. The number of unbranched alkanes of at least 4 members (excludes halogenated alkanes) is 1. The minimum absolute atomic E-state index is 0.0691. The summed E-state index contributed by atoms with van der Waals surface area (Å²) in [7, 11) is 0. The lowest BCUT2D eigenvalue weighted by Gasteiger charge is -2.30. The van der Waals surface area contributed by atoms with Crippen LogP contribution in [0.2, 0.25) is 0 Å². The summed E-state index contributed by atoms with van der Waals surface area (Å²) in [6.07, 6.45) is 2.99. The van der Waals surface area contributed by atoms with E-state index >= 15 is 0 Å². The number of imide groups is 1. The first-order valence-electron chi connectivity index (χ1n) is 5.97. The lowest BCUT2D eigenvalue weighted by atomic mass is 9.90. The molecule has 0 aromatic rings.